The van der Waals surface area contributed by atoms with Gasteiger partial charge in [0.25, 0.3) is 5.56 Å². The van der Waals surface area contributed by atoms with Crippen LogP contribution in [0.3, 0.4) is 0 Å². The molecule has 1 aromatic carbocycles. The topological polar surface area (TPSA) is 60.9 Å². The maximum atomic E-state index is 12.3. The molecule has 0 bridgehead atoms. The van der Waals surface area contributed by atoms with Crippen LogP contribution >= 0.6 is 11.6 Å². The van der Waals surface area contributed by atoms with E-state index in [-0.39, 0.29) is 11.6 Å². The molecule has 1 aromatic heterocycles. The first-order valence-corrected chi connectivity index (χ1v) is 8.14. The van der Waals surface area contributed by atoms with Gasteiger partial charge in [-0.25, -0.2) is 4.68 Å². The van der Waals surface area contributed by atoms with Crippen molar-refractivity contribution in [3.63, 3.8) is 0 Å². The van der Waals surface area contributed by atoms with Gasteiger partial charge in [-0.15, -0.1) is 0 Å². The molecule has 1 atom stereocenters. The Morgan fingerprint density at radius 3 is 2.68 bits per heavy atom. The van der Waals surface area contributed by atoms with Crippen LogP contribution in [0.2, 0.25) is 5.02 Å². The largest absolute Gasteiger partial charge is 0.382 e. The van der Waals surface area contributed by atoms with Crippen LogP contribution in [0.15, 0.2) is 41.2 Å². The minimum absolute atomic E-state index is 0.102. The van der Waals surface area contributed by atoms with Crippen molar-refractivity contribution in [3.05, 3.63) is 57.3 Å². The van der Waals surface area contributed by atoms with Crippen LogP contribution in [0.5, 0.6) is 0 Å². The lowest BCUT2D eigenvalue weighted by Gasteiger charge is -2.31. The average Bonchev–Trinajstić information content (AvgIpc) is 2.52. The number of hydrogen-bond acceptors (Lipinski definition) is 3. The summed E-state index contributed by atoms with van der Waals surface area (Å²) < 4.78 is 1.54. The Balaban J connectivity index is 2.09. The van der Waals surface area contributed by atoms with Crippen LogP contribution in [0.1, 0.15) is 43.7 Å². The lowest BCUT2D eigenvalue weighted by atomic mass is 9.81. The minimum atomic E-state index is -0.121. The highest BCUT2D eigenvalue weighted by atomic mass is 35.5. The Morgan fingerprint density at radius 2 is 1.95 bits per heavy atom. The van der Waals surface area contributed by atoms with Crippen molar-refractivity contribution in [1.82, 2.24) is 9.78 Å². The third-order valence-electron chi connectivity index (χ3n) is 4.40. The molecular formula is C17H20ClN3O. The summed E-state index contributed by atoms with van der Waals surface area (Å²) in [4.78, 5) is 12.3. The summed E-state index contributed by atoms with van der Waals surface area (Å²) in [6.07, 6.45) is 5.84. The molecule has 1 aliphatic rings. The van der Waals surface area contributed by atoms with Crippen LogP contribution in [0.4, 0.5) is 5.82 Å². The third-order valence-corrected chi connectivity index (χ3v) is 4.63. The van der Waals surface area contributed by atoms with Gasteiger partial charge in [-0.3, -0.25) is 4.79 Å². The number of hydrogen-bond donors (Lipinski definition) is 1. The summed E-state index contributed by atoms with van der Waals surface area (Å²) in [7, 11) is 0. The van der Waals surface area contributed by atoms with Crippen molar-refractivity contribution in [2.75, 3.05) is 5.73 Å². The van der Waals surface area contributed by atoms with Gasteiger partial charge in [0.1, 0.15) is 5.82 Å². The number of benzene rings is 1. The number of aromatic nitrogens is 2. The zero-order chi connectivity index (χ0) is 15.5. The van der Waals surface area contributed by atoms with Gasteiger partial charge in [0.05, 0.1) is 6.04 Å². The fourth-order valence-electron chi connectivity index (χ4n) is 3.39. The second kappa shape index (κ2) is 6.53. The van der Waals surface area contributed by atoms with Crippen LogP contribution in [0, 0.1) is 5.92 Å². The van der Waals surface area contributed by atoms with Gasteiger partial charge in [0, 0.05) is 11.1 Å². The number of nitrogens with two attached hydrogens (primary N) is 1. The molecule has 1 unspecified atom stereocenters. The first-order valence-electron chi connectivity index (χ1n) is 7.76. The second-order valence-corrected chi connectivity index (χ2v) is 6.38. The van der Waals surface area contributed by atoms with Crippen LogP contribution < -0.4 is 11.3 Å². The zero-order valence-electron chi connectivity index (χ0n) is 12.4. The van der Waals surface area contributed by atoms with E-state index in [1.54, 1.807) is 6.07 Å². The van der Waals surface area contributed by atoms with E-state index in [2.05, 4.69) is 5.10 Å². The normalized spacial score (nSPS) is 17.3. The first-order chi connectivity index (χ1) is 10.6. The Bertz CT molecular complexity index is 707. The van der Waals surface area contributed by atoms with E-state index in [1.807, 2.05) is 24.3 Å². The molecule has 1 aliphatic carbocycles. The number of nitrogen functional groups attached to an aromatic ring is 1. The third kappa shape index (κ3) is 3.17. The SMILES string of the molecule is Nc1ccc(=O)n(C(c2cccc(Cl)c2)C2CCCCC2)n1. The van der Waals surface area contributed by atoms with E-state index >= 15 is 0 Å². The van der Waals surface area contributed by atoms with Gasteiger partial charge in [-0.05, 0) is 42.5 Å². The van der Waals surface area contributed by atoms with E-state index in [9.17, 15) is 4.79 Å². The van der Waals surface area contributed by atoms with Crippen molar-refractivity contribution >= 4 is 17.4 Å². The second-order valence-electron chi connectivity index (χ2n) is 5.94. The lowest BCUT2D eigenvalue weighted by molar-refractivity contribution is 0.260. The van der Waals surface area contributed by atoms with Gasteiger partial charge in [-0.2, -0.15) is 5.10 Å². The molecular weight excluding hydrogens is 298 g/mol. The van der Waals surface area contributed by atoms with E-state index in [0.29, 0.717) is 16.8 Å². The predicted molar refractivity (Wildman–Crippen MR) is 89.1 cm³/mol. The molecule has 1 heterocycles. The Kier molecular flexibility index (Phi) is 4.48. The predicted octanol–water partition coefficient (Wildman–Crippen LogP) is 3.65. The molecule has 22 heavy (non-hydrogen) atoms. The smallest absolute Gasteiger partial charge is 0.267 e. The molecule has 0 radical (unpaired) electrons. The Hall–Kier alpha value is -1.81. The quantitative estimate of drug-likeness (QED) is 0.940. The molecule has 3 rings (SSSR count). The van der Waals surface area contributed by atoms with Crippen molar-refractivity contribution in [1.29, 1.82) is 0 Å². The molecule has 1 fully saturated rings. The molecule has 1 saturated carbocycles. The van der Waals surface area contributed by atoms with E-state index in [4.69, 9.17) is 17.3 Å². The summed E-state index contributed by atoms with van der Waals surface area (Å²) in [5.41, 5.74) is 6.71. The molecule has 0 aliphatic heterocycles. The molecule has 2 N–H and O–H groups in total. The number of nitrogens with zero attached hydrogens (tertiary/aromatic N) is 2. The molecule has 0 spiro atoms. The molecule has 2 aromatic rings. The number of halogens is 1. The van der Waals surface area contributed by atoms with Crippen LogP contribution in [-0.4, -0.2) is 9.78 Å². The molecule has 0 saturated heterocycles. The van der Waals surface area contributed by atoms with Crippen molar-refractivity contribution in [2.24, 2.45) is 5.92 Å². The van der Waals surface area contributed by atoms with E-state index in [1.165, 1.54) is 30.0 Å². The van der Waals surface area contributed by atoms with Crippen LogP contribution in [0.25, 0.3) is 0 Å². The summed E-state index contributed by atoms with van der Waals surface area (Å²) in [6.45, 7) is 0. The van der Waals surface area contributed by atoms with Crippen molar-refractivity contribution in [2.45, 2.75) is 38.1 Å². The molecule has 5 heteroatoms. The fraction of sp³-hybridized carbons (Fsp3) is 0.412. The van der Waals surface area contributed by atoms with Gasteiger partial charge >= 0.3 is 0 Å². The Morgan fingerprint density at radius 1 is 1.18 bits per heavy atom. The zero-order valence-corrected chi connectivity index (χ0v) is 13.2. The Labute approximate surface area is 134 Å². The maximum Gasteiger partial charge on any atom is 0.267 e. The van der Waals surface area contributed by atoms with Crippen molar-refractivity contribution < 1.29 is 0 Å². The van der Waals surface area contributed by atoms with Gasteiger partial charge in [0.2, 0.25) is 0 Å². The van der Waals surface area contributed by atoms with Crippen molar-refractivity contribution in [3.8, 4) is 0 Å². The highest BCUT2D eigenvalue weighted by molar-refractivity contribution is 6.30. The first kappa shape index (κ1) is 15.1. The fourth-order valence-corrected chi connectivity index (χ4v) is 3.59. The monoisotopic (exact) mass is 317 g/mol. The summed E-state index contributed by atoms with van der Waals surface area (Å²) in [6, 6.07) is 10.6. The molecule has 0 amide bonds. The number of rotatable bonds is 3. The number of anilines is 1. The highest BCUT2D eigenvalue weighted by Gasteiger charge is 2.28. The lowest BCUT2D eigenvalue weighted by Crippen LogP contribution is -2.33. The summed E-state index contributed by atoms with van der Waals surface area (Å²) in [5, 5.41) is 4.97. The van der Waals surface area contributed by atoms with E-state index in [0.717, 1.165) is 18.4 Å². The van der Waals surface area contributed by atoms with E-state index < -0.39 is 0 Å². The van der Waals surface area contributed by atoms with Gasteiger partial charge in [0.15, 0.2) is 0 Å². The summed E-state index contributed by atoms with van der Waals surface area (Å²) in [5.74, 6) is 0.752. The molecule has 116 valence electrons. The highest BCUT2D eigenvalue weighted by Crippen LogP contribution is 2.36. The minimum Gasteiger partial charge on any atom is -0.382 e. The average molecular weight is 318 g/mol. The standard InChI is InChI=1S/C17H20ClN3O/c18-14-8-4-7-13(11-14)17(12-5-2-1-3-6-12)21-16(22)10-9-15(19)20-21/h4,7-12,17H,1-3,5-6H2,(H2,19,20). The summed E-state index contributed by atoms with van der Waals surface area (Å²) >= 11 is 6.15. The van der Waals surface area contributed by atoms with Gasteiger partial charge < -0.3 is 5.73 Å². The molecule has 4 nitrogen and oxygen atoms in total. The van der Waals surface area contributed by atoms with Gasteiger partial charge in [-0.1, -0.05) is 43.0 Å². The van der Waals surface area contributed by atoms with Crippen LogP contribution in [-0.2, 0) is 0 Å². The maximum absolute atomic E-state index is 12.3.